The molecule has 6 rings (SSSR count). The number of aryl methyl sites for hydroxylation is 3. The fraction of sp³-hybridized carbons (Fsp3) is 0.219. The van der Waals surface area contributed by atoms with Crippen LogP contribution in [0.5, 0.6) is 0 Å². The first-order valence-corrected chi connectivity index (χ1v) is 14.0. The van der Waals surface area contributed by atoms with Crippen LogP contribution < -0.4 is 10.2 Å². The van der Waals surface area contributed by atoms with Gasteiger partial charge in [0, 0.05) is 55.0 Å². The summed E-state index contributed by atoms with van der Waals surface area (Å²) in [4.78, 5) is 28.6. The molecule has 1 N–H and O–H groups in total. The van der Waals surface area contributed by atoms with Crippen LogP contribution in [0.25, 0.3) is 10.9 Å². The van der Waals surface area contributed by atoms with Gasteiger partial charge >= 0.3 is 5.97 Å². The summed E-state index contributed by atoms with van der Waals surface area (Å²) in [6, 6.07) is 25.1. The van der Waals surface area contributed by atoms with Crippen molar-refractivity contribution in [2.45, 2.75) is 25.6 Å². The van der Waals surface area contributed by atoms with Crippen LogP contribution in [-0.4, -0.2) is 45.4 Å². The second kappa shape index (κ2) is 11.5. The molecule has 8 nitrogen and oxygen atoms in total. The SMILES string of the molecule is Cn1cc(C(=O)OC[C@H]2CN(Cc3ccc(Cl)cc3)c3cn(CCc4ccccc4)nc3C(=O)N2)c2ccccc21. The first-order chi connectivity index (χ1) is 19.9. The van der Waals surface area contributed by atoms with E-state index in [0.717, 1.165) is 28.6 Å². The minimum Gasteiger partial charge on any atom is -0.460 e. The third kappa shape index (κ3) is 5.83. The molecule has 5 aromatic rings. The van der Waals surface area contributed by atoms with Gasteiger partial charge in [0.15, 0.2) is 5.69 Å². The molecule has 2 aromatic heterocycles. The van der Waals surface area contributed by atoms with Gasteiger partial charge in [-0.25, -0.2) is 4.79 Å². The summed E-state index contributed by atoms with van der Waals surface area (Å²) in [7, 11) is 1.90. The second-order valence-electron chi connectivity index (χ2n) is 10.3. The smallest absolute Gasteiger partial charge is 0.340 e. The largest absolute Gasteiger partial charge is 0.460 e. The maximum Gasteiger partial charge on any atom is 0.340 e. The van der Waals surface area contributed by atoms with Crippen LogP contribution in [0.1, 0.15) is 32.0 Å². The van der Waals surface area contributed by atoms with Gasteiger partial charge in [-0.1, -0.05) is 72.3 Å². The predicted molar refractivity (Wildman–Crippen MR) is 159 cm³/mol. The predicted octanol–water partition coefficient (Wildman–Crippen LogP) is 5.25. The van der Waals surface area contributed by atoms with Crippen molar-refractivity contribution in [2.24, 2.45) is 7.05 Å². The zero-order valence-electron chi connectivity index (χ0n) is 22.7. The average molecular weight is 568 g/mol. The maximum atomic E-state index is 13.4. The minimum absolute atomic E-state index is 0.0309. The lowest BCUT2D eigenvalue weighted by Crippen LogP contribution is -2.44. The number of nitrogens with zero attached hydrogens (tertiary/aromatic N) is 4. The van der Waals surface area contributed by atoms with E-state index < -0.39 is 12.0 Å². The van der Waals surface area contributed by atoms with E-state index >= 15 is 0 Å². The summed E-state index contributed by atoms with van der Waals surface area (Å²) < 4.78 is 9.49. The highest BCUT2D eigenvalue weighted by atomic mass is 35.5. The summed E-state index contributed by atoms with van der Waals surface area (Å²) in [6.45, 7) is 1.65. The van der Waals surface area contributed by atoms with Crippen molar-refractivity contribution >= 4 is 40.1 Å². The highest BCUT2D eigenvalue weighted by Gasteiger charge is 2.31. The van der Waals surface area contributed by atoms with Crippen LogP contribution >= 0.6 is 11.6 Å². The van der Waals surface area contributed by atoms with Crippen LogP contribution in [-0.2, 0) is 31.3 Å². The molecule has 1 amide bonds. The van der Waals surface area contributed by atoms with Gasteiger partial charge in [-0.2, -0.15) is 5.10 Å². The minimum atomic E-state index is -0.430. The zero-order valence-corrected chi connectivity index (χ0v) is 23.4. The number of nitrogens with one attached hydrogen (secondary N) is 1. The van der Waals surface area contributed by atoms with Crippen molar-refractivity contribution in [1.29, 1.82) is 0 Å². The number of benzene rings is 3. The molecule has 0 saturated carbocycles. The summed E-state index contributed by atoms with van der Waals surface area (Å²) in [5.41, 5.74) is 4.79. The van der Waals surface area contributed by atoms with Gasteiger partial charge in [-0.05, 0) is 35.7 Å². The van der Waals surface area contributed by atoms with Crippen LogP contribution in [0.2, 0.25) is 5.02 Å². The van der Waals surface area contributed by atoms with Gasteiger partial charge < -0.3 is 19.5 Å². The molecule has 208 valence electrons. The van der Waals surface area contributed by atoms with Crippen LogP contribution in [0.15, 0.2) is 91.3 Å². The van der Waals surface area contributed by atoms with Gasteiger partial charge in [0.2, 0.25) is 0 Å². The number of amides is 1. The van der Waals surface area contributed by atoms with E-state index in [2.05, 4.69) is 27.4 Å². The van der Waals surface area contributed by atoms with E-state index in [9.17, 15) is 9.59 Å². The van der Waals surface area contributed by atoms with Crippen molar-refractivity contribution in [3.63, 3.8) is 0 Å². The standard InChI is InChI=1S/C32H30ClN5O3/c1-36-19-27(26-9-5-6-10-28(26)36)32(40)41-21-25-18-37(17-23-11-13-24(33)14-12-23)29-20-38(35-30(29)31(39)34-25)16-15-22-7-3-2-4-8-22/h2-14,19-20,25H,15-18,21H2,1H3,(H,34,39)/t25-/m1/s1. The number of rotatable bonds is 8. The Bertz CT molecular complexity index is 1690. The molecule has 0 unspecified atom stereocenters. The number of fused-ring (bicyclic) bond motifs is 2. The second-order valence-corrected chi connectivity index (χ2v) is 10.7. The first kappa shape index (κ1) is 26.7. The summed E-state index contributed by atoms with van der Waals surface area (Å²) in [5, 5.41) is 9.19. The van der Waals surface area contributed by atoms with Crippen molar-refractivity contribution in [1.82, 2.24) is 19.7 Å². The molecule has 1 aliphatic heterocycles. The quantitative estimate of drug-likeness (QED) is 0.259. The van der Waals surface area contributed by atoms with E-state index in [-0.39, 0.29) is 12.5 Å². The van der Waals surface area contributed by atoms with Crippen molar-refractivity contribution in [2.75, 3.05) is 18.1 Å². The number of para-hydroxylation sites is 1. The van der Waals surface area contributed by atoms with E-state index in [4.69, 9.17) is 16.3 Å². The van der Waals surface area contributed by atoms with E-state index in [0.29, 0.717) is 35.9 Å². The van der Waals surface area contributed by atoms with Gasteiger partial charge in [0.25, 0.3) is 5.91 Å². The summed E-state index contributed by atoms with van der Waals surface area (Å²) in [5.74, 6) is -0.711. The third-order valence-electron chi connectivity index (χ3n) is 7.37. The molecule has 41 heavy (non-hydrogen) atoms. The highest BCUT2D eigenvalue weighted by molar-refractivity contribution is 6.30. The molecule has 0 spiro atoms. The van der Waals surface area contributed by atoms with Crippen LogP contribution in [0.4, 0.5) is 5.69 Å². The Morgan fingerprint density at radius 2 is 1.76 bits per heavy atom. The zero-order chi connectivity index (χ0) is 28.3. The number of hydrogen-bond acceptors (Lipinski definition) is 5. The Labute approximate surface area is 243 Å². The molecule has 0 fully saturated rings. The molecule has 0 bridgehead atoms. The third-order valence-corrected chi connectivity index (χ3v) is 7.62. The molecule has 0 aliphatic carbocycles. The number of carbonyl (C=O) groups excluding carboxylic acids is 2. The topological polar surface area (TPSA) is 81.4 Å². The fourth-order valence-electron chi connectivity index (χ4n) is 5.28. The lowest BCUT2D eigenvalue weighted by molar-refractivity contribution is 0.0462. The molecule has 0 radical (unpaired) electrons. The Morgan fingerprint density at radius 3 is 2.56 bits per heavy atom. The van der Waals surface area contributed by atoms with Crippen LogP contribution in [0, 0.1) is 0 Å². The Hall–Kier alpha value is -4.56. The van der Waals surface area contributed by atoms with E-state index in [1.165, 1.54) is 5.56 Å². The normalized spacial score (nSPS) is 14.9. The van der Waals surface area contributed by atoms with Crippen LogP contribution in [0.3, 0.4) is 0 Å². The summed E-state index contributed by atoms with van der Waals surface area (Å²) in [6.07, 6.45) is 4.50. The number of halogens is 1. The number of anilines is 1. The van der Waals surface area contributed by atoms with Gasteiger partial charge in [0.05, 0.1) is 17.3 Å². The van der Waals surface area contributed by atoms with Crippen molar-refractivity contribution in [3.8, 4) is 0 Å². The molecular formula is C32H30ClN5O3. The van der Waals surface area contributed by atoms with Crippen molar-refractivity contribution in [3.05, 3.63) is 119 Å². The lowest BCUT2D eigenvalue weighted by atomic mass is 10.1. The van der Waals surface area contributed by atoms with E-state index in [1.54, 1.807) is 6.20 Å². The Morgan fingerprint density at radius 1 is 1.00 bits per heavy atom. The van der Waals surface area contributed by atoms with Gasteiger partial charge in [-0.15, -0.1) is 0 Å². The number of hydrogen-bond donors (Lipinski definition) is 1. The number of esters is 1. The molecule has 0 saturated heterocycles. The Kier molecular flexibility index (Phi) is 7.48. The number of aromatic nitrogens is 3. The van der Waals surface area contributed by atoms with Crippen molar-refractivity contribution < 1.29 is 14.3 Å². The average Bonchev–Trinajstić information content (AvgIpc) is 3.54. The molecule has 3 aromatic carbocycles. The van der Waals surface area contributed by atoms with Gasteiger partial charge in [0.1, 0.15) is 6.61 Å². The highest BCUT2D eigenvalue weighted by Crippen LogP contribution is 2.26. The maximum absolute atomic E-state index is 13.4. The molecule has 3 heterocycles. The molecular weight excluding hydrogens is 538 g/mol. The first-order valence-electron chi connectivity index (χ1n) is 13.6. The lowest BCUT2D eigenvalue weighted by Gasteiger charge is -2.26. The summed E-state index contributed by atoms with van der Waals surface area (Å²) >= 11 is 6.12. The fourth-order valence-corrected chi connectivity index (χ4v) is 5.41. The monoisotopic (exact) mass is 567 g/mol. The van der Waals surface area contributed by atoms with Gasteiger partial charge in [-0.3, -0.25) is 9.48 Å². The number of ether oxygens (including phenoxy) is 1. The number of carbonyl (C=O) groups is 2. The Balaban J connectivity index is 1.22. The van der Waals surface area contributed by atoms with E-state index in [1.807, 2.05) is 89.2 Å². The molecule has 1 atom stereocenters. The molecule has 1 aliphatic rings. The molecule has 9 heteroatoms.